The number of piperidine rings is 1. The molecule has 0 aliphatic carbocycles. The number of benzene rings is 1. The number of amides is 1. The van der Waals surface area contributed by atoms with Gasteiger partial charge in [0, 0.05) is 12.1 Å². The maximum atomic E-state index is 12.9. The first-order chi connectivity index (χ1) is 10.8. The SMILES string of the molecule is Cc1c(NC(=O)CC(C)C2CCCNC2)cccc1C(F)(F)F.Cl. The van der Waals surface area contributed by atoms with Crippen molar-refractivity contribution in [1.82, 2.24) is 5.32 Å². The van der Waals surface area contributed by atoms with Crippen LogP contribution >= 0.6 is 12.4 Å². The molecule has 1 heterocycles. The maximum absolute atomic E-state index is 12.9. The second kappa shape index (κ2) is 8.72. The molecule has 1 amide bonds. The predicted octanol–water partition coefficient (Wildman–Crippen LogP) is 4.40. The van der Waals surface area contributed by atoms with E-state index in [0.717, 1.165) is 32.0 Å². The molecule has 7 heteroatoms. The number of carbonyl (C=O) groups excluding carboxylic acids is 1. The van der Waals surface area contributed by atoms with E-state index in [0.29, 0.717) is 12.3 Å². The molecule has 2 unspecified atom stereocenters. The van der Waals surface area contributed by atoms with Crippen molar-refractivity contribution in [3.05, 3.63) is 29.3 Å². The van der Waals surface area contributed by atoms with Crippen LogP contribution in [0.25, 0.3) is 0 Å². The van der Waals surface area contributed by atoms with Gasteiger partial charge in [-0.25, -0.2) is 0 Å². The molecule has 1 aromatic carbocycles. The molecule has 0 aromatic heterocycles. The first kappa shape index (κ1) is 20.8. The van der Waals surface area contributed by atoms with Crippen molar-refractivity contribution in [2.24, 2.45) is 11.8 Å². The number of hydrogen-bond donors (Lipinski definition) is 2. The van der Waals surface area contributed by atoms with Crippen LogP contribution in [0, 0.1) is 18.8 Å². The zero-order chi connectivity index (χ0) is 17.0. The third-order valence-corrected chi connectivity index (χ3v) is 4.56. The summed E-state index contributed by atoms with van der Waals surface area (Å²) in [5.41, 5.74) is -0.418. The van der Waals surface area contributed by atoms with E-state index in [4.69, 9.17) is 0 Å². The Morgan fingerprint density at radius 2 is 2.12 bits per heavy atom. The molecule has 1 fully saturated rings. The zero-order valence-electron chi connectivity index (χ0n) is 13.9. The molecule has 3 nitrogen and oxygen atoms in total. The topological polar surface area (TPSA) is 41.1 Å². The number of hydrogen-bond acceptors (Lipinski definition) is 2. The second-order valence-corrected chi connectivity index (χ2v) is 6.31. The lowest BCUT2D eigenvalue weighted by molar-refractivity contribution is -0.138. The summed E-state index contributed by atoms with van der Waals surface area (Å²) in [5.74, 6) is 0.413. The van der Waals surface area contributed by atoms with Gasteiger partial charge < -0.3 is 10.6 Å². The summed E-state index contributed by atoms with van der Waals surface area (Å²) in [4.78, 5) is 12.2. The van der Waals surface area contributed by atoms with Crippen molar-refractivity contribution < 1.29 is 18.0 Å². The lowest BCUT2D eigenvalue weighted by Gasteiger charge is -2.28. The predicted molar refractivity (Wildman–Crippen MR) is 91.4 cm³/mol. The minimum atomic E-state index is -4.41. The molecule has 0 bridgehead atoms. The number of nitrogens with one attached hydrogen (secondary N) is 2. The molecule has 1 aromatic rings. The molecule has 1 aliphatic heterocycles. The average Bonchev–Trinajstić information content (AvgIpc) is 2.49. The van der Waals surface area contributed by atoms with Gasteiger partial charge in [-0.05, 0) is 62.4 Å². The summed E-state index contributed by atoms with van der Waals surface area (Å²) in [7, 11) is 0. The Morgan fingerprint density at radius 3 is 2.71 bits per heavy atom. The van der Waals surface area contributed by atoms with Gasteiger partial charge in [0.1, 0.15) is 0 Å². The number of anilines is 1. The smallest absolute Gasteiger partial charge is 0.326 e. The third-order valence-electron chi connectivity index (χ3n) is 4.56. The van der Waals surface area contributed by atoms with Gasteiger partial charge in [-0.1, -0.05) is 13.0 Å². The summed E-state index contributed by atoms with van der Waals surface area (Å²) in [5, 5.41) is 5.95. The third kappa shape index (κ3) is 5.38. The fraction of sp³-hybridized carbons (Fsp3) is 0.588. The number of carbonyl (C=O) groups is 1. The second-order valence-electron chi connectivity index (χ2n) is 6.31. The first-order valence-electron chi connectivity index (χ1n) is 7.96. The minimum Gasteiger partial charge on any atom is -0.326 e. The molecular formula is C17H24ClF3N2O. The number of rotatable bonds is 4. The standard InChI is InChI=1S/C17H23F3N2O.ClH/c1-11(13-5-4-8-21-10-13)9-16(23)22-15-7-3-6-14(12(15)2)17(18,19)20;/h3,6-7,11,13,21H,4-5,8-10H2,1-2H3,(H,22,23);1H. The van der Waals surface area contributed by atoms with Crippen molar-refractivity contribution in [3.8, 4) is 0 Å². The quantitative estimate of drug-likeness (QED) is 0.831. The van der Waals surface area contributed by atoms with Crippen molar-refractivity contribution >= 4 is 24.0 Å². The van der Waals surface area contributed by atoms with Crippen LogP contribution in [0.5, 0.6) is 0 Å². The molecule has 2 atom stereocenters. The maximum Gasteiger partial charge on any atom is 0.416 e. The highest BCUT2D eigenvalue weighted by molar-refractivity contribution is 5.91. The van der Waals surface area contributed by atoms with Gasteiger partial charge in [0.15, 0.2) is 0 Å². The summed E-state index contributed by atoms with van der Waals surface area (Å²) < 4.78 is 38.7. The van der Waals surface area contributed by atoms with E-state index >= 15 is 0 Å². The first-order valence-corrected chi connectivity index (χ1v) is 7.96. The zero-order valence-corrected chi connectivity index (χ0v) is 14.7. The van der Waals surface area contributed by atoms with Crippen LogP contribution in [0.1, 0.15) is 37.3 Å². The molecule has 1 saturated heterocycles. The molecule has 0 spiro atoms. The van der Waals surface area contributed by atoms with Crippen molar-refractivity contribution in [2.45, 2.75) is 39.3 Å². The summed E-state index contributed by atoms with van der Waals surface area (Å²) in [6.07, 6.45) is -1.90. The Morgan fingerprint density at radius 1 is 1.42 bits per heavy atom. The van der Waals surface area contributed by atoms with Crippen LogP contribution < -0.4 is 10.6 Å². The lowest BCUT2D eigenvalue weighted by atomic mass is 9.85. The molecular weight excluding hydrogens is 341 g/mol. The van der Waals surface area contributed by atoms with E-state index in [1.54, 1.807) is 0 Å². The molecule has 0 radical (unpaired) electrons. The highest BCUT2D eigenvalue weighted by Crippen LogP contribution is 2.34. The summed E-state index contributed by atoms with van der Waals surface area (Å²) in [6, 6.07) is 3.86. The summed E-state index contributed by atoms with van der Waals surface area (Å²) in [6.45, 7) is 5.32. The fourth-order valence-electron chi connectivity index (χ4n) is 3.10. The van der Waals surface area contributed by atoms with Crippen LogP contribution in [0.3, 0.4) is 0 Å². The van der Waals surface area contributed by atoms with Gasteiger partial charge in [-0.15, -0.1) is 12.4 Å². The Kier molecular flexibility index (Phi) is 7.55. The van der Waals surface area contributed by atoms with E-state index < -0.39 is 11.7 Å². The Labute approximate surface area is 146 Å². The van der Waals surface area contributed by atoms with Crippen LogP contribution in [-0.4, -0.2) is 19.0 Å². The highest BCUT2D eigenvalue weighted by atomic mass is 35.5. The molecule has 136 valence electrons. The minimum absolute atomic E-state index is 0. The normalized spacial score (nSPS) is 19.3. The van der Waals surface area contributed by atoms with Crippen molar-refractivity contribution in [2.75, 3.05) is 18.4 Å². The Bertz CT molecular complexity index is 557. The van der Waals surface area contributed by atoms with Gasteiger partial charge in [-0.2, -0.15) is 13.2 Å². The largest absolute Gasteiger partial charge is 0.416 e. The molecule has 24 heavy (non-hydrogen) atoms. The molecule has 0 saturated carbocycles. The fourth-order valence-corrected chi connectivity index (χ4v) is 3.10. The van der Waals surface area contributed by atoms with Gasteiger partial charge in [-0.3, -0.25) is 4.79 Å². The molecule has 1 aliphatic rings. The van der Waals surface area contributed by atoms with Crippen LogP contribution in [0.4, 0.5) is 18.9 Å². The van der Waals surface area contributed by atoms with Crippen LogP contribution in [0.15, 0.2) is 18.2 Å². The van der Waals surface area contributed by atoms with Gasteiger partial charge >= 0.3 is 6.18 Å². The Hall–Kier alpha value is -1.27. The Balaban J connectivity index is 0.00000288. The van der Waals surface area contributed by atoms with Gasteiger partial charge in [0.25, 0.3) is 0 Å². The van der Waals surface area contributed by atoms with Gasteiger partial charge in [0.2, 0.25) is 5.91 Å². The molecule has 2 rings (SSSR count). The van der Waals surface area contributed by atoms with E-state index in [9.17, 15) is 18.0 Å². The van der Waals surface area contributed by atoms with E-state index in [1.807, 2.05) is 6.92 Å². The van der Waals surface area contributed by atoms with Crippen LogP contribution in [-0.2, 0) is 11.0 Å². The number of halogens is 4. The monoisotopic (exact) mass is 364 g/mol. The van der Waals surface area contributed by atoms with Gasteiger partial charge in [0.05, 0.1) is 5.56 Å². The number of alkyl halides is 3. The average molecular weight is 365 g/mol. The van der Waals surface area contributed by atoms with E-state index in [-0.39, 0.29) is 35.5 Å². The van der Waals surface area contributed by atoms with E-state index in [2.05, 4.69) is 10.6 Å². The van der Waals surface area contributed by atoms with E-state index in [1.165, 1.54) is 19.1 Å². The molecule has 2 N–H and O–H groups in total. The van der Waals surface area contributed by atoms with Crippen molar-refractivity contribution in [1.29, 1.82) is 0 Å². The lowest BCUT2D eigenvalue weighted by Crippen LogP contribution is -2.34. The van der Waals surface area contributed by atoms with Crippen LogP contribution in [0.2, 0.25) is 0 Å². The summed E-state index contributed by atoms with van der Waals surface area (Å²) >= 11 is 0. The highest BCUT2D eigenvalue weighted by Gasteiger charge is 2.33. The van der Waals surface area contributed by atoms with Crippen molar-refractivity contribution in [3.63, 3.8) is 0 Å².